The summed E-state index contributed by atoms with van der Waals surface area (Å²) < 4.78 is 42.5. The normalized spacial score (nSPS) is 17.3. The first-order chi connectivity index (χ1) is 13.3. The first-order valence-electron chi connectivity index (χ1n) is 8.75. The second-order valence-electron chi connectivity index (χ2n) is 7.18. The van der Waals surface area contributed by atoms with Crippen molar-refractivity contribution in [2.45, 2.75) is 24.6 Å². The van der Waals surface area contributed by atoms with Crippen LogP contribution in [-0.2, 0) is 12.6 Å². The Balaban J connectivity index is 1.59. The zero-order valence-corrected chi connectivity index (χ0v) is 15.6. The molecule has 1 aliphatic rings. The quantitative estimate of drug-likeness (QED) is 0.550. The average molecular weight is 404 g/mol. The largest absolute Gasteiger partial charge is 0.422 e. The highest BCUT2D eigenvalue weighted by Crippen LogP contribution is 2.56. The molecule has 0 unspecified atom stereocenters. The van der Waals surface area contributed by atoms with E-state index in [4.69, 9.17) is 0 Å². The van der Waals surface area contributed by atoms with Crippen LogP contribution in [-0.4, -0.2) is 31.0 Å². The molecule has 0 saturated heterocycles. The number of rotatable bonds is 3. The molecule has 4 aromatic heterocycles. The molecule has 9 heteroatoms. The summed E-state index contributed by atoms with van der Waals surface area (Å²) in [6, 6.07) is 6.79. The summed E-state index contributed by atoms with van der Waals surface area (Å²) >= 11 is 0.898. The minimum Gasteiger partial charge on any atom is -0.375 e. The molecule has 1 aliphatic carbocycles. The van der Waals surface area contributed by atoms with E-state index >= 15 is 0 Å². The molecule has 1 fully saturated rings. The van der Waals surface area contributed by atoms with Crippen molar-refractivity contribution in [1.29, 1.82) is 0 Å². The Kier molecular flexibility index (Phi) is 3.60. The van der Waals surface area contributed by atoms with Crippen molar-refractivity contribution in [3.05, 3.63) is 41.5 Å². The van der Waals surface area contributed by atoms with Crippen LogP contribution in [0.5, 0.6) is 0 Å². The SMILES string of the molecule is Cn1cc2cc(-c3ccc4cc([C@](O)(C5CC5)C(F)(F)F)sc4n3)cnc2n1. The average Bonchev–Trinajstić information content (AvgIpc) is 3.29. The molecule has 4 aromatic rings. The molecule has 0 bridgehead atoms. The third kappa shape index (κ3) is 2.61. The maximum Gasteiger partial charge on any atom is 0.422 e. The lowest BCUT2D eigenvalue weighted by molar-refractivity contribution is -0.274. The maximum absolute atomic E-state index is 13.6. The molecule has 5 nitrogen and oxygen atoms in total. The van der Waals surface area contributed by atoms with Gasteiger partial charge >= 0.3 is 6.18 Å². The monoisotopic (exact) mass is 404 g/mol. The van der Waals surface area contributed by atoms with Gasteiger partial charge in [0.15, 0.2) is 11.2 Å². The van der Waals surface area contributed by atoms with E-state index in [1.165, 1.54) is 6.07 Å². The zero-order chi connectivity index (χ0) is 19.7. The van der Waals surface area contributed by atoms with Gasteiger partial charge in [0.1, 0.15) is 4.83 Å². The summed E-state index contributed by atoms with van der Waals surface area (Å²) in [4.78, 5) is 9.20. The Labute approximate surface area is 161 Å². The molecule has 0 aromatic carbocycles. The summed E-state index contributed by atoms with van der Waals surface area (Å²) in [5.41, 5.74) is -0.813. The highest BCUT2D eigenvalue weighted by molar-refractivity contribution is 7.18. The number of hydrogen-bond donors (Lipinski definition) is 1. The van der Waals surface area contributed by atoms with Crippen LogP contribution in [0, 0.1) is 5.92 Å². The molecule has 0 aliphatic heterocycles. The number of nitrogens with zero attached hydrogens (tertiary/aromatic N) is 4. The Hall–Kier alpha value is -2.52. The van der Waals surface area contributed by atoms with Crippen LogP contribution < -0.4 is 0 Å². The maximum atomic E-state index is 13.6. The summed E-state index contributed by atoms with van der Waals surface area (Å²) in [6.07, 6.45) is -0.479. The van der Waals surface area contributed by atoms with E-state index in [9.17, 15) is 18.3 Å². The Morgan fingerprint density at radius 1 is 1.18 bits per heavy atom. The van der Waals surface area contributed by atoms with Gasteiger partial charge in [-0.1, -0.05) is 0 Å². The third-order valence-electron chi connectivity index (χ3n) is 5.13. The minimum atomic E-state index is -4.72. The summed E-state index contributed by atoms with van der Waals surface area (Å²) in [6.45, 7) is 0. The van der Waals surface area contributed by atoms with Gasteiger partial charge in [0, 0.05) is 46.6 Å². The van der Waals surface area contributed by atoms with E-state index < -0.39 is 17.7 Å². The number of fused-ring (bicyclic) bond motifs is 2. The fourth-order valence-electron chi connectivity index (χ4n) is 3.51. The molecule has 1 saturated carbocycles. The van der Waals surface area contributed by atoms with Crippen LogP contribution in [0.2, 0.25) is 0 Å². The van der Waals surface area contributed by atoms with Gasteiger partial charge in [-0.25, -0.2) is 9.97 Å². The molecule has 1 atom stereocenters. The smallest absolute Gasteiger partial charge is 0.375 e. The fourth-order valence-corrected chi connectivity index (χ4v) is 4.73. The number of alkyl halides is 3. The van der Waals surface area contributed by atoms with Gasteiger partial charge in [0.05, 0.1) is 5.69 Å². The van der Waals surface area contributed by atoms with Crippen LogP contribution in [0.3, 0.4) is 0 Å². The third-order valence-corrected chi connectivity index (χ3v) is 6.30. The van der Waals surface area contributed by atoms with Gasteiger partial charge in [0.2, 0.25) is 0 Å². The number of hydrogen-bond acceptors (Lipinski definition) is 5. The van der Waals surface area contributed by atoms with Crippen LogP contribution in [0.4, 0.5) is 13.2 Å². The molecule has 4 heterocycles. The summed E-state index contributed by atoms with van der Waals surface area (Å²) in [5, 5.41) is 16.2. The first-order valence-corrected chi connectivity index (χ1v) is 9.57. The summed E-state index contributed by atoms with van der Waals surface area (Å²) in [7, 11) is 1.81. The predicted octanol–water partition coefficient (Wildman–Crippen LogP) is 4.40. The van der Waals surface area contributed by atoms with Crippen molar-refractivity contribution in [1.82, 2.24) is 19.7 Å². The zero-order valence-electron chi connectivity index (χ0n) is 14.7. The number of aliphatic hydroxyl groups is 1. The molecule has 144 valence electrons. The number of thiophene rings is 1. The van der Waals surface area contributed by atoms with Crippen molar-refractivity contribution >= 4 is 32.6 Å². The van der Waals surface area contributed by atoms with E-state index in [1.54, 1.807) is 30.1 Å². The van der Waals surface area contributed by atoms with Gasteiger partial charge in [-0.05, 0) is 37.1 Å². The van der Waals surface area contributed by atoms with E-state index in [0.717, 1.165) is 22.3 Å². The number of pyridine rings is 2. The molecule has 0 radical (unpaired) electrons. The van der Waals surface area contributed by atoms with Crippen LogP contribution in [0.15, 0.2) is 36.7 Å². The highest BCUT2D eigenvalue weighted by atomic mass is 32.1. The van der Waals surface area contributed by atoms with E-state index in [0.29, 0.717) is 34.4 Å². The van der Waals surface area contributed by atoms with Crippen molar-refractivity contribution < 1.29 is 18.3 Å². The van der Waals surface area contributed by atoms with Crippen molar-refractivity contribution in [2.24, 2.45) is 13.0 Å². The molecule has 0 amide bonds. The molecule has 28 heavy (non-hydrogen) atoms. The van der Waals surface area contributed by atoms with Gasteiger partial charge in [-0.3, -0.25) is 4.68 Å². The van der Waals surface area contributed by atoms with Crippen LogP contribution in [0.25, 0.3) is 32.5 Å². The Morgan fingerprint density at radius 2 is 1.96 bits per heavy atom. The number of aryl methyl sites for hydroxylation is 1. The second kappa shape index (κ2) is 5.74. The number of aromatic nitrogens is 4. The first kappa shape index (κ1) is 17.6. The summed E-state index contributed by atoms with van der Waals surface area (Å²) in [5.74, 6) is -0.780. The standard InChI is InChI=1S/C19H15F3N4OS/c1-26-9-12-6-11(8-23-16(12)25-26)14-5-2-10-7-15(28-17(10)24-14)18(27,13-3-4-13)19(20,21)22/h2,5-9,13,27H,3-4H2,1H3/t18-/m1/s1. The van der Waals surface area contributed by atoms with Gasteiger partial charge in [0.25, 0.3) is 0 Å². The molecular weight excluding hydrogens is 389 g/mol. The molecule has 0 spiro atoms. The minimum absolute atomic E-state index is 0.0945. The molecular formula is C19H15F3N4OS. The Bertz CT molecular complexity index is 1210. The van der Waals surface area contributed by atoms with E-state index in [1.807, 2.05) is 12.3 Å². The van der Waals surface area contributed by atoms with Gasteiger partial charge < -0.3 is 5.11 Å². The van der Waals surface area contributed by atoms with Crippen molar-refractivity contribution in [3.63, 3.8) is 0 Å². The van der Waals surface area contributed by atoms with Crippen molar-refractivity contribution in [3.8, 4) is 11.3 Å². The lowest BCUT2D eigenvalue weighted by atomic mass is 9.94. The molecule has 1 N–H and O–H groups in total. The van der Waals surface area contributed by atoms with Crippen LogP contribution in [0.1, 0.15) is 17.7 Å². The lowest BCUT2D eigenvalue weighted by Gasteiger charge is -2.29. The topological polar surface area (TPSA) is 63.8 Å². The van der Waals surface area contributed by atoms with Crippen molar-refractivity contribution in [2.75, 3.05) is 0 Å². The van der Waals surface area contributed by atoms with Crippen LogP contribution >= 0.6 is 11.3 Å². The fraction of sp³-hybridized carbons (Fsp3) is 0.316. The Morgan fingerprint density at radius 3 is 2.68 bits per heavy atom. The second-order valence-corrected chi connectivity index (χ2v) is 8.21. The molecule has 5 rings (SSSR count). The lowest BCUT2D eigenvalue weighted by Crippen LogP contribution is -2.43. The highest BCUT2D eigenvalue weighted by Gasteiger charge is 2.63. The van der Waals surface area contributed by atoms with Gasteiger partial charge in [-0.15, -0.1) is 11.3 Å². The van der Waals surface area contributed by atoms with E-state index in [-0.39, 0.29) is 4.88 Å². The van der Waals surface area contributed by atoms with E-state index in [2.05, 4.69) is 15.1 Å². The predicted molar refractivity (Wildman–Crippen MR) is 99.8 cm³/mol. The number of halogens is 3. The van der Waals surface area contributed by atoms with Gasteiger partial charge in [-0.2, -0.15) is 18.3 Å².